The van der Waals surface area contributed by atoms with E-state index < -0.39 is 5.97 Å². The highest BCUT2D eigenvalue weighted by atomic mass is 16.4. The lowest BCUT2D eigenvalue weighted by atomic mass is 10.0. The van der Waals surface area contributed by atoms with Gasteiger partial charge in [-0.1, -0.05) is 18.6 Å². The Kier molecular flexibility index (Phi) is 4.14. The minimum absolute atomic E-state index is 0.148. The molecule has 0 fully saturated rings. The van der Waals surface area contributed by atoms with Crippen LogP contribution in [0.25, 0.3) is 0 Å². The molecule has 0 amide bonds. The van der Waals surface area contributed by atoms with Crippen LogP contribution in [-0.4, -0.2) is 25.9 Å². The van der Waals surface area contributed by atoms with Crippen LogP contribution in [-0.2, 0) is 24.2 Å². The minimum atomic E-state index is -0.784. The number of aromatic nitrogens is 1. The van der Waals surface area contributed by atoms with Gasteiger partial charge in [0, 0.05) is 24.1 Å². The summed E-state index contributed by atoms with van der Waals surface area (Å²) < 4.78 is 1.53. The van der Waals surface area contributed by atoms with Crippen LogP contribution in [0, 0.1) is 0 Å². The molecule has 0 bridgehead atoms. The third-order valence-electron chi connectivity index (χ3n) is 3.50. The van der Waals surface area contributed by atoms with Gasteiger partial charge in [0.05, 0.1) is 0 Å². The summed E-state index contributed by atoms with van der Waals surface area (Å²) in [5, 5.41) is 28.7. The number of aromatic hydroxyl groups is 2. The van der Waals surface area contributed by atoms with E-state index in [1.165, 1.54) is 4.57 Å². The number of rotatable bonds is 6. The number of aliphatic carboxylic acids is 1. The van der Waals surface area contributed by atoms with Crippen LogP contribution < -0.4 is 0 Å². The van der Waals surface area contributed by atoms with E-state index in [1.807, 2.05) is 12.2 Å². The van der Waals surface area contributed by atoms with E-state index in [4.69, 9.17) is 5.11 Å². The molecule has 0 spiro atoms. The Morgan fingerprint density at radius 2 is 1.63 bits per heavy atom. The first-order chi connectivity index (χ1) is 9.11. The van der Waals surface area contributed by atoms with Crippen LogP contribution in [0.1, 0.15) is 36.8 Å². The molecule has 2 rings (SSSR count). The first kappa shape index (κ1) is 13.5. The molecule has 0 unspecified atom stereocenters. The number of carboxylic acid groups (broad SMARTS) is 1. The van der Waals surface area contributed by atoms with Crippen molar-refractivity contribution in [3.05, 3.63) is 23.3 Å². The molecule has 1 heterocycles. The molecule has 104 valence electrons. The summed E-state index contributed by atoms with van der Waals surface area (Å²) in [4.78, 5) is 10.4. The van der Waals surface area contributed by atoms with Crippen molar-refractivity contribution in [2.75, 3.05) is 0 Å². The normalized spacial score (nSPS) is 13.5. The largest absolute Gasteiger partial charge is 0.494 e. The van der Waals surface area contributed by atoms with Gasteiger partial charge < -0.3 is 15.3 Å². The second kappa shape index (κ2) is 5.82. The zero-order valence-electron chi connectivity index (χ0n) is 10.8. The average Bonchev–Trinajstić information content (AvgIpc) is 2.63. The fourth-order valence-corrected chi connectivity index (χ4v) is 2.46. The first-order valence-corrected chi connectivity index (χ1v) is 6.60. The van der Waals surface area contributed by atoms with Crippen LogP contribution in [0.4, 0.5) is 0 Å². The number of hydrogen-bond donors (Lipinski definition) is 3. The zero-order chi connectivity index (χ0) is 13.8. The predicted molar refractivity (Wildman–Crippen MR) is 70.4 cm³/mol. The Bertz CT molecular complexity index is 471. The second-order valence-corrected chi connectivity index (χ2v) is 4.84. The van der Waals surface area contributed by atoms with Crippen molar-refractivity contribution in [3.8, 4) is 11.8 Å². The van der Waals surface area contributed by atoms with Gasteiger partial charge in [-0.15, -0.1) is 0 Å². The average molecular weight is 265 g/mol. The van der Waals surface area contributed by atoms with Crippen LogP contribution in [0.2, 0.25) is 0 Å². The van der Waals surface area contributed by atoms with Gasteiger partial charge in [-0.2, -0.15) is 0 Å². The Labute approximate surface area is 111 Å². The van der Waals surface area contributed by atoms with Crippen molar-refractivity contribution in [1.29, 1.82) is 0 Å². The van der Waals surface area contributed by atoms with E-state index in [0.29, 0.717) is 25.8 Å². The Hall–Kier alpha value is -1.91. The minimum Gasteiger partial charge on any atom is -0.494 e. The van der Waals surface area contributed by atoms with E-state index in [2.05, 4.69) is 0 Å². The number of carbonyl (C=O) groups is 1. The number of unbranched alkanes of at least 4 members (excludes halogenated alkanes) is 2. The maximum Gasteiger partial charge on any atom is 0.303 e. The molecule has 1 aliphatic carbocycles. The van der Waals surface area contributed by atoms with E-state index in [0.717, 1.165) is 24.0 Å². The van der Waals surface area contributed by atoms with Crippen molar-refractivity contribution >= 4 is 5.97 Å². The quantitative estimate of drug-likeness (QED) is 0.544. The summed E-state index contributed by atoms with van der Waals surface area (Å²) in [6.07, 6.45) is 7.59. The van der Waals surface area contributed by atoms with Crippen molar-refractivity contribution in [3.63, 3.8) is 0 Å². The van der Waals surface area contributed by atoms with Gasteiger partial charge in [-0.3, -0.25) is 9.36 Å². The molecular formula is C14H19NO4. The summed E-state index contributed by atoms with van der Waals surface area (Å²) in [5.41, 5.74) is 1.62. The summed E-state index contributed by atoms with van der Waals surface area (Å²) in [6.45, 7) is 0.518. The number of carboxylic acids is 1. The standard InChI is InChI=1S/C14H19NO4/c16-12(17)8-2-1-5-9-15-13(18)10-6-3-4-7-11(10)14(15)19/h3-4,18-19H,1-2,5-9H2,(H,16,17). The lowest BCUT2D eigenvalue weighted by Crippen LogP contribution is -1.99. The van der Waals surface area contributed by atoms with E-state index in [1.54, 1.807) is 0 Å². The van der Waals surface area contributed by atoms with Gasteiger partial charge in [0.15, 0.2) is 11.8 Å². The van der Waals surface area contributed by atoms with Crippen molar-refractivity contribution in [1.82, 2.24) is 4.57 Å². The first-order valence-electron chi connectivity index (χ1n) is 6.60. The zero-order valence-corrected chi connectivity index (χ0v) is 10.8. The molecule has 0 aliphatic heterocycles. The van der Waals surface area contributed by atoms with E-state index in [-0.39, 0.29) is 18.2 Å². The summed E-state index contributed by atoms with van der Waals surface area (Å²) in [5.74, 6) is -0.488. The third kappa shape index (κ3) is 2.92. The fourth-order valence-electron chi connectivity index (χ4n) is 2.46. The number of allylic oxidation sites excluding steroid dienone is 2. The molecule has 1 aliphatic rings. The second-order valence-electron chi connectivity index (χ2n) is 4.84. The molecule has 1 aromatic heterocycles. The molecule has 19 heavy (non-hydrogen) atoms. The maximum absolute atomic E-state index is 10.4. The van der Waals surface area contributed by atoms with Gasteiger partial charge in [0.1, 0.15) is 0 Å². The van der Waals surface area contributed by atoms with E-state index >= 15 is 0 Å². The van der Waals surface area contributed by atoms with Crippen molar-refractivity contribution in [2.45, 2.75) is 45.1 Å². The molecule has 1 aromatic rings. The SMILES string of the molecule is O=C(O)CCCCCn1c(O)c2c(c1O)CC=CC2. The van der Waals surface area contributed by atoms with Gasteiger partial charge in [-0.25, -0.2) is 0 Å². The number of fused-ring (bicyclic) bond motifs is 1. The highest BCUT2D eigenvalue weighted by Gasteiger charge is 2.21. The van der Waals surface area contributed by atoms with Gasteiger partial charge in [-0.05, 0) is 25.7 Å². The lowest BCUT2D eigenvalue weighted by molar-refractivity contribution is -0.137. The Morgan fingerprint density at radius 3 is 2.16 bits per heavy atom. The molecule has 3 N–H and O–H groups in total. The van der Waals surface area contributed by atoms with Crippen LogP contribution in [0.15, 0.2) is 12.2 Å². The van der Waals surface area contributed by atoms with E-state index in [9.17, 15) is 15.0 Å². The summed E-state index contributed by atoms with van der Waals surface area (Å²) in [6, 6.07) is 0. The van der Waals surface area contributed by atoms with Gasteiger partial charge in [0.2, 0.25) is 0 Å². The Balaban J connectivity index is 1.94. The molecule has 5 heteroatoms. The van der Waals surface area contributed by atoms with Crippen LogP contribution in [0.3, 0.4) is 0 Å². The molecule has 0 radical (unpaired) electrons. The smallest absolute Gasteiger partial charge is 0.303 e. The van der Waals surface area contributed by atoms with Crippen LogP contribution >= 0.6 is 0 Å². The number of nitrogens with zero attached hydrogens (tertiary/aromatic N) is 1. The summed E-state index contributed by atoms with van der Waals surface area (Å²) in [7, 11) is 0. The van der Waals surface area contributed by atoms with Crippen molar-refractivity contribution < 1.29 is 20.1 Å². The maximum atomic E-state index is 10.4. The molecule has 0 saturated carbocycles. The topological polar surface area (TPSA) is 82.7 Å². The van der Waals surface area contributed by atoms with Gasteiger partial charge >= 0.3 is 5.97 Å². The van der Waals surface area contributed by atoms with Crippen molar-refractivity contribution in [2.24, 2.45) is 0 Å². The van der Waals surface area contributed by atoms with Crippen LogP contribution in [0.5, 0.6) is 11.8 Å². The summed E-state index contributed by atoms with van der Waals surface area (Å²) >= 11 is 0. The molecule has 0 aromatic carbocycles. The fraction of sp³-hybridized carbons (Fsp3) is 0.500. The highest BCUT2D eigenvalue weighted by molar-refractivity contribution is 5.66. The highest BCUT2D eigenvalue weighted by Crippen LogP contribution is 2.36. The number of hydrogen-bond acceptors (Lipinski definition) is 3. The third-order valence-corrected chi connectivity index (χ3v) is 3.50. The monoisotopic (exact) mass is 265 g/mol. The lowest BCUT2D eigenvalue weighted by Gasteiger charge is -2.06. The molecule has 0 saturated heterocycles. The molecule has 5 nitrogen and oxygen atoms in total. The molecular weight excluding hydrogens is 246 g/mol. The van der Waals surface area contributed by atoms with Gasteiger partial charge in [0.25, 0.3) is 0 Å². The predicted octanol–water partition coefficient (Wildman–Crippen LogP) is 2.20. The molecule has 0 atom stereocenters. The Morgan fingerprint density at radius 1 is 1.05 bits per heavy atom.